The second kappa shape index (κ2) is 5.55. The van der Waals surface area contributed by atoms with Crippen LogP contribution in [0.5, 0.6) is 0 Å². The molecule has 70 valence electrons. The smallest absolute Gasteiger partial charge is 0.134 e. The number of hydrogen-bond acceptors (Lipinski definition) is 2. The third-order valence-electron chi connectivity index (χ3n) is 1.60. The van der Waals surface area contributed by atoms with Gasteiger partial charge in [-0.1, -0.05) is 6.92 Å². The lowest BCUT2D eigenvalue weighted by molar-refractivity contribution is -0.119. The predicted octanol–water partition coefficient (Wildman–Crippen LogP) is 2.16. The van der Waals surface area contributed by atoms with Gasteiger partial charge in [0, 0.05) is 25.1 Å². The number of aldehydes is 1. The van der Waals surface area contributed by atoms with Crippen LogP contribution >= 0.6 is 23.2 Å². The summed E-state index contributed by atoms with van der Waals surface area (Å²) in [6, 6.07) is 0. The van der Waals surface area contributed by atoms with Crippen molar-refractivity contribution in [1.82, 2.24) is 0 Å². The molecule has 0 aliphatic carbocycles. The first kappa shape index (κ1) is 11.9. The molecule has 0 fully saturated rings. The van der Waals surface area contributed by atoms with E-state index in [9.17, 15) is 9.59 Å². The molecular formula is C8H12Cl2O2. The molecule has 0 aromatic heterocycles. The summed E-state index contributed by atoms with van der Waals surface area (Å²) < 4.78 is 0. The Morgan fingerprint density at radius 1 is 1.58 bits per heavy atom. The van der Waals surface area contributed by atoms with Crippen molar-refractivity contribution in [1.29, 1.82) is 0 Å². The largest absolute Gasteiger partial charge is 0.303 e. The molecule has 2 nitrogen and oxygen atoms in total. The lowest BCUT2D eigenvalue weighted by Gasteiger charge is -2.20. The third-order valence-corrected chi connectivity index (χ3v) is 2.67. The van der Waals surface area contributed by atoms with Crippen LogP contribution in [0, 0.1) is 0 Å². The summed E-state index contributed by atoms with van der Waals surface area (Å²) in [5.41, 5.74) is 0. The summed E-state index contributed by atoms with van der Waals surface area (Å²) >= 11 is 11.5. The number of halogens is 2. The van der Waals surface area contributed by atoms with E-state index in [1.807, 2.05) is 0 Å². The van der Waals surface area contributed by atoms with E-state index in [-0.39, 0.29) is 24.5 Å². The van der Waals surface area contributed by atoms with Crippen molar-refractivity contribution in [2.75, 3.05) is 5.88 Å². The van der Waals surface area contributed by atoms with Crippen molar-refractivity contribution >= 4 is 35.3 Å². The summed E-state index contributed by atoms with van der Waals surface area (Å²) in [7, 11) is 0. The minimum Gasteiger partial charge on any atom is -0.303 e. The quantitative estimate of drug-likeness (QED) is 0.498. The van der Waals surface area contributed by atoms with E-state index in [1.165, 1.54) is 0 Å². The molecule has 1 atom stereocenters. The molecule has 0 bridgehead atoms. The van der Waals surface area contributed by atoms with Crippen LogP contribution in [0.2, 0.25) is 0 Å². The van der Waals surface area contributed by atoms with Crippen LogP contribution in [0.3, 0.4) is 0 Å². The molecule has 0 N–H and O–H groups in total. The fourth-order valence-corrected chi connectivity index (χ4v) is 1.22. The van der Waals surface area contributed by atoms with Gasteiger partial charge in [0.05, 0.1) is 4.87 Å². The number of alkyl halides is 2. The zero-order chi connectivity index (χ0) is 9.61. The van der Waals surface area contributed by atoms with Crippen LogP contribution < -0.4 is 0 Å². The van der Waals surface area contributed by atoms with Crippen LogP contribution in [0.4, 0.5) is 0 Å². The molecule has 0 aliphatic rings. The maximum absolute atomic E-state index is 11.0. The van der Waals surface area contributed by atoms with Crippen molar-refractivity contribution < 1.29 is 9.59 Å². The highest BCUT2D eigenvalue weighted by Crippen LogP contribution is 2.25. The lowest BCUT2D eigenvalue weighted by atomic mass is 9.99. The number of carbonyl (C=O) groups excluding carboxylic acids is 2. The second-order valence-corrected chi connectivity index (χ2v) is 3.79. The molecule has 0 spiro atoms. The molecule has 0 aromatic carbocycles. The molecule has 1 unspecified atom stereocenters. The van der Waals surface area contributed by atoms with E-state index in [2.05, 4.69) is 0 Å². The summed E-state index contributed by atoms with van der Waals surface area (Å²) in [6.45, 7) is 1.76. The molecule has 0 rings (SSSR count). The zero-order valence-corrected chi connectivity index (χ0v) is 8.49. The summed E-state index contributed by atoms with van der Waals surface area (Å²) in [5, 5.41) is 0. The first-order chi connectivity index (χ1) is 5.58. The zero-order valence-electron chi connectivity index (χ0n) is 6.98. The monoisotopic (exact) mass is 210 g/mol. The van der Waals surface area contributed by atoms with Crippen LogP contribution in [-0.2, 0) is 9.59 Å². The van der Waals surface area contributed by atoms with Crippen molar-refractivity contribution in [2.45, 2.75) is 31.1 Å². The Morgan fingerprint density at radius 2 is 2.17 bits per heavy atom. The first-order valence-electron chi connectivity index (χ1n) is 3.78. The topological polar surface area (TPSA) is 34.1 Å². The maximum Gasteiger partial charge on any atom is 0.134 e. The fraction of sp³-hybridized carbons (Fsp3) is 0.750. The minimum absolute atomic E-state index is 0.0347. The van der Waals surface area contributed by atoms with E-state index in [4.69, 9.17) is 23.2 Å². The molecule has 4 heteroatoms. The predicted molar refractivity (Wildman–Crippen MR) is 49.9 cm³/mol. The van der Waals surface area contributed by atoms with Crippen molar-refractivity contribution in [2.24, 2.45) is 0 Å². The standard InChI is InChI=1S/C8H12Cl2O2/c1-2-7(12)5-8(10,6-9)3-4-11/h4H,2-3,5-6H2,1H3. The van der Waals surface area contributed by atoms with Gasteiger partial charge in [0.2, 0.25) is 0 Å². The summed E-state index contributed by atoms with van der Waals surface area (Å²) in [4.78, 5) is 20.3. The van der Waals surface area contributed by atoms with Gasteiger partial charge < -0.3 is 4.79 Å². The minimum atomic E-state index is -0.865. The number of ketones is 1. The molecule has 0 heterocycles. The first-order valence-corrected chi connectivity index (χ1v) is 4.69. The molecule has 12 heavy (non-hydrogen) atoms. The molecule has 0 aromatic rings. The fourth-order valence-electron chi connectivity index (χ4n) is 0.802. The van der Waals surface area contributed by atoms with Gasteiger partial charge in [0.25, 0.3) is 0 Å². The molecule has 0 saturated carbocycles. The Morgan fingerprint density at radius 3 is 2.50 bits per heavy atom. The van der Waals surface area contributed by atoms with Crippen molar-refractivity contribution in [3.63, 3.8) is 0 Å². The normalized spacial score (nSPS) is 15.2. The third kappa shape index (κ3) is 4.07. The average Bonchev–Trinajstić information content (AvgIpc) is 2.05. The molecule has 0 amide bonds. The van der Waals surface area contributed by atoms with Gasteiger partial charge in [-0.25, -0.2) is 0 Å². The Labute approximate surface area is 82.2 Å². The number of Topliss-reactive ketones (excluding diaryl/α,β-unsaturated/α-hetero) is 1. The molecule has 0 aliphatic heterocycles. The second-order valence-electron chi connectivity index (χ2n) is 2.72. The highest BCUT2D eigenvalue weighted by Gasteiger charge is 2.28. The van der Waals surface area contributed by atoms with Crippen molar-refractivity contribution in [3.8, 4) is 0 Å². The van der Waals surface area contributed by atoms with Crippen molar-refractivity contribution in [3.05, 3.63) is 0 Å². The van der Waals surface area contributed by atoms with Gasteiger partial charge in [-0.2, -0.15) is 0 Å². The Hall–Kier alpha value is -0.0800. The van der Waals surface area contributed by atoms with Gasteiger partial charge in [0.1, 0.15) is 12.1 Å². The molecule has 0 saturated heterocycles. The summed E-state index contributed by atoms with van der Waals surface area (Å²) in [5.74, 6) is 0.159. The Bertz CT molecular complexity index is 170. The number of carbonyl (C=O) groups is 2. The lowest BCUT2D eigenvalue weighted by Crippen LogP contribution is -2.27. The van der Waals surface area contributed by atoms with E-state index >= 15 is 0 Å². The van der Waals surface area contributed by atoms with Gasteiger partial charge in [0.15, 0.2) is 0 Å². The maximum atomic E-state index is 11.0. The highest BCUT2D eigenvalue weighted by atomic mass is 35.5. The highest BCUT2D eigenvalue weighted by molar-refractivity contribution is 6.32. The molecular weight excluding hydrogens is 199 g/mol. The van der Waals surface area contributed by atoms with Crippen LogP contribution in [0.1, 0.15) is 26.2 Å². The van der Waals surface area contributed by atoms with Crippen LogP contribution in [0.15, 0.2) is 0 Å². The van der Waals surface area contributed by atoms with E-state index in [0.717, 1.165) is 0 Å². The van der Waals surface area contributed by atoms with E-state index in [1.54, 1.807) is 6.92 Å². The van der Waals surface area contributed by atoms with Gasteiger partial charge >= 0.3 is 0 Å². The number of hydrogen-bond donors (Lipinski definition) is 0. The van der Waals surface area contributed by atoms with Gasteiger partial charge in [-0.15, -0.1) is 23.2 Å². The SMILES string of the molecule is CCC(=O)CC(Cl)(CCl)CC=O. The van der Waals surface area contributed by atoms with E-state index in [0.29, 0.717) is 12.7 Å². The van der Waals surface area contributed by atoms with E-state index < -0.39 is 4.87 Å². The Balaban J connectivity index is 4.12. The van der Waals surface area contributed by atoms with Gasteiger partial charge in [-0.3, -0.25) is 4.79 Å². The van der Waals surface area contributed by atoms with Crippen LogP contribution in [0.25, 0.3) is 0 Å². The molecule has 0 radical (unpaired) electrons. The van der Waals surface area contributed by atoms with Gasteiger partial charge in [-0.05, 0) is 0 Å². The number of rotatable bonds is 6. The summed E-state index contributed by atoms with van der Waals surface area (Å²) in [6.07, 6.45) is 1.43. The Kier molecular flexibility index (Phi) is 5.51. The van der Waals surface area contributed by atoms with Crippen LogP contribution in [-0.4, -0.2) is 22.8 Å². The average molecular weight is 211 g/mol.